The van der Waals surface area contributed by atoms with Gasteiger partial charge in [-0.2, -0.15) is 14.0 Å². The van der Waals surface area contributed by atoms with Gasteiger partial charge >= 0.3 is 6.61 Å². The van der Waals surface area contributed by atoms with Crippen molar-refractivity contribution in [2.24, 2.45) is 0 Å². The summed E-state index contributed by atoms with van der Waals surface area (Å²) in [6.45, 7) is -1.22. The second-order valence-corrected chi connectivity index (χ2v) is 8.92. The predicted octanol–water partition coefficient (Wildman–Crippen LogP) is 4.46. The molecule has 3 aromatic heterocycles. The minimum atomic E-state index is -2.95. The summed E-state index contributed by atoms with van der Waals surface area (Å²) in [4.78, 5) is 18.1. The molecule has 0 atom stereocenters. The SMILES string of the molecule is CN(C)C1CCN(c2nc(-c3ccc(C#N)cc3)c(-c3ccc(OC(F)F)nc3)n3cncc23)CC1. The normalized spacial score (nSPS) is 14.5. The Hall–Kier alpha value is -4.10. The maximum absolute atomic E-state index is 12.6. The lowest BCUT2D eigenvalue weighted by Gasteiger charge is -2.36. The van der Waals surface area contributed by atoms with Gasteiger partial charge in [0.15, 0.2) is 5.82 Å². The predicted molar refractivity (Wildman–Crippen MR) is 132 cm³/mol. The summed E-state index contributed by atoms with van der Waals surface area (Å²) in [6, 6.07) is 13.0. The van der Waals surface area contributed by atoms with Gasteiger partial charge in [-0.1, -0.05) is 12.1 Å². The molecule has 36 heavy (non-hydrogen) atoms. The number of imidazole rings is 1. The van der Waals surface area contributed by atoms with E-state index in [-0.39, 0.29) is 5.88 Å². The van der Waals surface area contributed by atoms with Gasteiger partial charge in [-0.05, 0) is 45.1 Å². The standard InChI is InChI=1S/C26H25F2N7O/c1-33(2)20-9-11-34(12-10-20)25-21-15-30-16-35(21)24(19-7-8-22(31-14-19)36-26(27)28)23(32-25)18-5-3-17(13-29)4-6-18/h3-8,14-16,20,26H,9-12H2,1-2H3. The molecule has 1 aromatic carbocycles. The van der Waals surface area contributed by atoms with Gasteiger partial charge in [0.25, 0.3) is 0 Å². The number of halogens is 2. The highest BCUT2D eigenvalue weighted by Gasteiger charge is 2.26. The Balaban J connectivity index is 1.65. The molecule has 1 fully saturated rings. The lowest BCUT2D eigenvalue weighted by Crippen LogP contribution is -2.42. The Morgan fingerprint density at radius 1 is 1.06 bits per heavy atom. The number of nitriles is 1. The van der Waals surface area contributed by atoms with Crippen LogP contribution in [0.1, 0.15) is 18.4 Å². The molecule has 184 valence electrons. The average molecular weight is 490 g/mol. The summed E-state index contributed by atoms with van der Waals surface area (Å²) in [5.74, 6) is 0.669. The van der Waals surface area contributed by atoms with E-state index in [1.54, 1.807) is 30.7 Å². The molecular weight excluding hydrogens is 464 g/mol. The van der Waals surface area contributed by atoms with Crippen LogP contribution in [0, 0.1) is 11.3 Å². The third-order valence-corrected chi connectivity index (χ3v) is 6.55. The van der Waals surface area contributed by atoms with Crippen LogP contribution in [0.5, 0.6) is 5.88 Å². The van der Waals surface area contributed by atoms with Crippen molar-refractivity contribution in [3.8, 4) is 34.5 Å². The minimum absolute atomic E-state index is 0.163. The fourth-order valence-electron chi connectivity index (χ4n) is 4.66. The molecule has 4 heterocycles. The van der Waals surface area contributed by atoms with Gasteiger partial charge in [-0.3, -0.25) is 4.40 Å². The summed E-state index contributed by atoms with van der Waals surface area (Å²) in [7, 11) is 4.22. The minimum Gasteiger partial charge on any atom is -0.417 e. The summed E-state index contributed by atoms with van der Waals surface area (Å²) >= 11 is 0. The number of fused-ring (bicyclic) bond motifs is 1. The number of alkyl halides is 2. The highest BCUT2D eigenvalue weighted by atomic mass is 19.3. The molecule has 1 aliphatic rings. The molecule has 0 bridgehead atoms. The number of nitrogens with zero attached hydrogens (tertiary/aromatic N) is 7. The van der Waals surface area contributed by atoms with Gasteiger partial charge in [0.2, 0.25) is 5.88 Å². The first-order valence-electron chi connectivity index (χ1n) is 11.6. The maximum atomic E-state index is 12.6. The van der Waals surface area contributed by atoms with E-state index in [0.29, 0.717) is 22.9 Å². The van der Waals surface area contributed by atoms with Gasteiger partial charge < -0.3 is 14.5 Å². The van der Waals surface area contributed by atoms with Crippen molar-refractivity contribution in [1.82, 2.24) is 24.3 Å². The van der Waals surface area contributed by atoms with Crippen LogP contribution in [0.4, 0.5) is 14.6 Å². The van der Waals surface area contributed by atoms with E-state index in [2.05, 4.69) is 44.7 Å². The third-order valence-electron chi connectivity index (χ3n) is 6.55. The number of ether oxygens (including phenoxy) is 1. The molecule has 5 rings (SSSR count). The van der Waals surface area contributed by atoms with Crippen LogP contribution in [0.3, 0.4) is 0 Å². The third kappa shape index (κ3) is 4.57. The zero-order valence-corrected chi connectivity index (χ0v) is 20.0. The molecule has 0 spiro atoms. The van der Waals surface area contributed by atoms with Crippen LogP contribution in [0.25, 0.3) is 28.0 Å². The highest BCUT2D eigenvalue weighted by Crippen LogP contribution is 2.36. The second-order valence-electron chi connectivity index (χ2n) is 8.92. The molecule has 0 N–H and O–H groups in total. The summed E-state index contributed by atoms with van der Waals surface area (Å²) in [6.07, 6.45) is 7.05. The summed E-state index contributed by atoms with van der Waals surface area (Å²) in [5.41, 5.74) is 4.28. The van der Waals surface area contributed by atoms with E-state index in [1.165, 1.54) is 12.3 Å². The van der Waals surface area contributed by atoms with Gasteiger partial charge in [0.1, 0.15) is 5.52 Å². The lowest BCUT2D eigenvalue weighted by atomic mass is 10.0. The fraction of sp³-hybridized carbons (Fsp3) is 0.308. The molecule has 0 amide bonds. The fourth-order valence-corrected chi connectivity index (χ4v) is 4.66. The molecule has 10 heteroatoms. The van der Waals surface area contributed by atoms with Crippen molar-refractivity contribution in [3.05, 3.63) is 60.7 Å². The van der Waals surface area contributed by atoms with Gasteiger partial charge in [0.05, 0.1) is 35.5 Å². The van der Waals surface area contributed by atoms with Crippen LogP contribution in [-0.2, 0) is 0 Å². The van der Waals surface area contributed by atoms with E-state index in [4.69, 9.17) is 4.98 Å². The molecule has 0 saturated carbocycles. The van der Waals surface area contributed by atoms with Crippen LogP contribution >= 0.6 is 0 Å². The number of aromatic nitrogens is 4. The Labute approximate surface area is 207 Å². The van der Waals surface area contributed by atoms with E-state index < -0.39 is 6.61 Å². The number of benzene rings is 1. The Bertz CT molecular complexity index is 1390. The maximum Gasteiger partial charge on any atom is 0.388 e. The van der Waals surface area contributed by atoms with Crippen molar-refractivity contribution in [3.63, 3.8) is 0 Å². The number of piperidine rings is 1. The van der Waals surface area contributed by atoms with Gasteiger partial charge in [-0.25, -0.2) is 15.0 Å². The van der Waals surface area contributed by atoms with Crippen LogP contribution < -0.4 is 9.64 Å². The Morgan fingerprint density at radius 3 is 2.39 bits per heavy atom. The van der Waals surface area contributed by atoms with E-state index in [1.807, 2.05) is 16.5 Å². The lowest BCUT2D eigenvalue weighted by molar-refractivity contribution is -0.0528. The summed E-state index contributed by atoms with van der Waals surface area (Å²) < 4.78 is 31.6. The van der Waals surface area contributed by atoms with Crippen molar-refractivity contribution >= 4 is 11.3 Å². The monoisotopic (exact) mass is 489 g/mol. The highest BCUT2D eigenvalue weighted by molar-refractivity contribution is 5.85. The number of anilines is 1. The molecule has 8 nitrogen and oxygen atoms in total. The van der Waals surface area contributed by atoms with Crippen molar-refractivity contribution in [2.45, 2.75) is 25.5 Å². The molecule has 0 radical (unpaired) electrons. The first kappa shape index (κ1) is 23.6. The first-order chi connectivity index (χ1) is 17.4. The molecule has 0 unspecified atom stereocenters. The van der Waals surface area contributed by atoms with E-state index in [9.17, 15) is 14.0 Å². The van der Waals surface area contributed by atoms with Crippen LogP contribution in [0.2, 0.25) is 0 Å². The van der Waals surface area contributed by atoms with Crippen LogP contribution in [0.15, 0.2) is 55.1 Å². The second kappa shape index (κ2) is 9.87. The van der Waals surface area contributed by atoms with Crippen molar-refractivity contribution < 1.29 is 13.5 Å². The van der Waals surface area contributed by atoms with Gasteiger partial charge in [-0.15, -0.1) is 0 Å². The number of hydrogen-bond donors (Lipinski definition) is 0. The number of hydrogen-bond acceptors (Lipinski definition) is 7. The van der Waals surface area contributed by atoms with E-state index >= 15 is 0 Å². The zero-order chi connectivity index (χ0) is 25.2. The quantitative estimate of drug-likeness (QED) is 0.395. The molecular formula is C26H25F2N7O. The average Bonchev–Trinajstić information content (AvgIpc) is 3.38. The van der Waals surface area contributed by atoms with Crippen molar-refractivity contribution in [2.75, 3.05) is 32.1 Å². The van der Waals surface area contributed by atoms with E-state index in [0.717, 1.165) is 48.5 Å². The molecule has 4 aromatic rings. The molecule has 1 saturated heterocycles. The molecule has 1 aliphatic heterocycles. The Morgan fingerprint density at radius 2 is 1.78 bits per heavy atom. The van der Waals surface area contributed by atoms with Crippen LogP contribution in [-0.4, -0.2) is 64.1 Å². The van der Waals surface area contributed by atoms with Gasteiger partial charge in [0, 0.05) is 42.5 Å². The molecule has 0 aliphatic carbocycles. The Kier molecular flexibility index (Phi) is 6.48. The largest absolute Gasteiger partial charge is 0.417 e. The smallest absolute Gasteiger partial charge is 0.388 e. The zero-order valence-electron chi connectivity index (χ0n) is 20.0. The topological polar surface area (TPSA) is 82.6 Å². The van der Waals surface area contributed by atoms with Crippen molar-refractivity contribution in [1.29, 1.82) is 5.26 Å². The summed E-state index contributed by atoms with van der Waals surface area (Å²) in [5, 5.41) is 9.25. The number of rotatable bonds is 6. The number of pyridine rings is 1. The first-order valence-corrected chi connectivity index (χ1v) is 11.6.